The van der Waals surface area contributed by atoms with Gasteiger partial charge in [0.15, 0.2) is 0 Å². The van der Waals surface area contributed by atoms with Gasteiger partial charge < -0.3 is 10.0 Å². The van der Waals surface area contributed by atoms with Crippen molar-refractivity contribution in [3.63, 3.8) is 0 Å². The van der Waals surface area contributed by atoms with Crippen LogP contribution >= 0.6 is 0 Å². The van der Waals surface area contributed by atoms with Crippen molar-refractivity contribution >= 4 is 5.91 Å². The van der Waals surface area contributed by atoms with Gasteiger partial charge in [0.25, 0.3) is 0 Å². The Labute approximate surface area is 95.7 Å². The van der Waals surface area contributed by atoms with Crippen molar-refractivity contribution in [3.05, 3.63) is 35.9 Å². The summed E-state index contributed by atoms with van der Waals surface area (Å²) in [5, 5.41) is 10.3. The number of carbonyl (C=O) groups excluding carboxylic acids is 1. The van der Waals surface area contributed by atoms with Crippen LogP contribution in [0.1, 0.15) is 18.4 Å². The Morgan fingerprint density at radius 2 is 1.88 bits per heavy atom. The summed E-state index contributed by atoms with van der Waals surface area (Å²) in [4.78, 5) is 13.3. The lowest BCUT2D eigenvalue weighted by Gasteiger charge is -2.43. The van der Waals surface area contributed by atoms with E-state index in [1.165, 1.54) is 0 Å². The fraction of sp³-hybridized carbons (Fsp3) is 0.462. The zero-order valence-corrected chi connectivity index (χ0v) is 9.68. The van der Waals surface area contributed by atoms with Gasteiger partial charge in [-0.15, -0.1) is 0 Å². The molecule has 0 atom stereocenters. The number of hydrogen-bond acceptors (Lipinski definition) is 2. The Morgan fingerprint density at radius 1 is 1.31 bits per heavy atom. The lowest BCUT2D eigenvalue weighted by atomic mass is 9.67. The van der Waals surface area contributed by atoms with Crippen LogP contribution in [-0.2, 0) is 10.4 Å². The van der Waals surface area contributed by atoms with E-state index in [4.69, 9.17) is 0 Å². The van der Waals surface area contributed by atoms with Gasteiger partial charge >= 0.3 is 0 Å². The first-order valence-electron chi connectivity index (χ1n) is 5.52. The summed E-state index contributed by atoms with van der Waals surface area (Å²) in [6.45, 7) is 0. The molecule has 16 heavy (non-hydrogen) atoms. The van der Waals surface area contributed by atoms with E-state index in [9.17, 15) is 9.90 Å². The maximum Gasteiger partial charge on any atom is 0.225 e. The third-order valence-electron chi connectivity index (χ3n) is 3.27. The second-order valence-corrected chi connectivity index (χ2v) is 4.74. The summed E-state index contributed by atoms with van der Waals surface area (Å²) in [6, 6.07) is 9.57. The van der Waals surface area contributed by atoms with Gasteiger partial charge in [-0.3, -0.25) is 4.79 Å². The van der Waals surface area contributed by atoms with Crippen molar-refractivity contribution in [1.82, 2.24) is 4.90 Å². The van der Waals surface area contributed by atoms with Gasteiger partial charge in [-0.1, -0.05) is 30.3 Å². The van der Waals surface area contributed by atoms with Crippen LogP contribution in [0.3, 0.4) is 0 Å². The molecule has 86 valence electrons. The molecular formula is C13H17NO2. The number of aliphatic hydroxyl groups is 1. The fourth-order valence-corrected chi connectivity index (χ4v) is 2.28. The molecule has 0 bridgehead atoms. The van der Waals surface area contributed by atoms with E-state index in [-0.39, 0.29) is 11.8 Å². The average molecular weight is 219 g/mol. The number of nitrogens with zero attached hydrogens (tertiary/aromatic N) is 1. The first-order valence-corrected chi connectivity index (χ1v) is 5.52. The second kappa shape index (κ2) is 3.91. The third kappa shape index (κ3) is 1.83. The fourth-order valence-electron chi connectivity index (χ4n) is 2.28. The van der Waals surface area contributed by atoms with Crippen LogP contribution in [0.5, 0.6) is 0 Å². The van der Waals surface area contributed by atoms with Crippen molar-refractivity contribution in [3.8, 4) is 0 Å². The van der Waals surface area contributed by atoms with Crippen molar-refractivity contribution in [1.29, 1.82) is 0 Å². The molecule has 0 unspecified atom stereocenters. The highest BCUT2D eigenvalue weighted by Gasteiger charge is 2.47. The normalized spacial score (nSPS) is 28.3. The number of benzene rings is 1. The van der Waals surface area contributed by atoms with Crippen LogP contribution in [0.15, 0.2) is 30.3 Å². The molecule has 1 aliphatic carbocycles. The minimum atomic E-state index is -0.794. The Morgan fingerprint density at radius 3 is 2.38 bits per heavy atom. The van der Waals surface area contributed by atoms with Gasteiger partial charge in [-0.2, -0.15) is 0 Å². The zero-order valence-electron chi connectivity index (χ0n) is 9.68. The Kier molecular flexibility index (Phi) is 2.72. The molecule has 0 aliphatic heterocycles. The molecule has 0 spiro atoms. The summed E-state index contributed by atoms with van der Waals surface area (Å²) in [7, 11) is 3.50. The van der Waals surface area contributed by atoms with Crippen LogP contribution in [0, 0.1) is 5.92 Å². The smallest absolute Gasteiger partial charge is 0.225 e. The maximum absolute atomic E-state index is 11.7. The molecule has 3 nitrogen and oxygen atoms in total. The molecule has 0 saturated heterocycles. The second-order valence-electron chi connectivity index (χ2n) is 4.74. The summed E-state index contributed by atoms with van der Waals surface area (Å²) in [5.74, 6) is 0.0841. The van der Waals surface area contributed by atoms with Crippen molar-refractivity contribution in [2.75, 3.05) is 14.1 Å². The molecule has 1 amide bonds. The van der Waals surface area contributed by atoms with Crippen molar-refractivity contribution in [2.45, 2.75) is 18.4 Å². The van der Waals surface area contributed by atoms with E-state index in [0.29, 0.717) is 12.8 Å². The Balaban J connectivity index is 2.04. The minimum absolute atomic E-state index is 0.0276. The first-order chi connectivity index (χ1) is 7.53. The van der Waals surface area contributed by atoms with Gasteiger partial charge in [0.05, 0.1) is 5.60 Å². The molecular weight excluding hydrogens is 202 g/mol. The van der Waals surface area contributed by atoms with Gasteiger partial charge in [-0.25, -0.2) is 0 Å². The molecule has 1 saturated carbocycles. The SMILES string of the molecule is CN(C)C(=O)C1CC(O)(c2ccccc2)C1. The molecule has 3 heteroatoms. The standard InChI is InChI=1S/C13H17NO2/c1-14(2)12(15)10-8-13(16,9-10)11-6-4-3-5-7-11/h3-7,10,16H,8-9H2,1-2H3. The van der Waals surface area contributed by atoms with Crippen LogP contribution in [0.4, 0.5) is 0 Å². The summed E-state index contributed by atoms with van der Waals surface area (Å²) in [6.07, 6.45) is 1.07. The average Bonchev–Trinajstić information content (AvgIpc) is 2.25. The van der Waals surface area contributed by atoms with Gasteiger partial charge in [-0.05, 0) is 18.4 Å². The maximum atomic E-state index is 11.7. The van der Waals surface area contributed by atoms with E-state index in [1.54, 1.807) is 19.0 Å². The number of carbonyl (C=O) groups is 1. The number of amides is 1. The molecule has 1 N–H and O–H groups in total. The monoisotopic (exact) mass is 219 g/mol. The van der Waals surface area contributed by atoms with Crippen molar-refractivity contribution in [2.24, 2.45) is 5.92 Å². The van der Waals surface area contributed by atoms with E-state index in [2.05, 4.69) is 0 Å². The van der Waals surface area contributed by atoms with Crippen LogP contribution < -0.4 is 0 Å². The van der Waals surface area contributed by atoms with Gasteiger partial charge in [0.2, 0.25) is 5.91 Å². The first kappa shape index (κ1) is 11.1. The van der Waals surface area contributed by atoms with E-state index in [1.807, 2.05) is 30.3 Å². The molecule has 1 aromatic rings. The van der Waals surface area contributed by atoms with Gasteiger partial charge in [0, 0.05) is 20.0 Å². The number of hydrogen-bond donors (Lipinski definition) is 1. The quantitative estimate of drug-likeness (QED) is 0.816. The molecule has 2 rings (SSSR count). The minimum Gasteiger partial charge on any atom is -0.385 e. The van der Waals surface area contributed by atoms with E-state index >= 15 is 0 Å². The largest absolute Gasteiger partial charge is 0.385 e. The summed E-state index contributed by atoms with van der Waals surface area (Å²) >= 11 is 0. The Hall–Kier alpha value is -1.35. The summed E-state index contributed by atoms with van der Waals surface area (Å²) in [5.41, 5.74) is 0.121. The van der Waals surface area contributed by atoms with E-state index < -0.39 is 5.60 Å². The number of rotatable bonds is 2. The third-order valence-corrected chi connectivity index (χ3v) is 3.27. The van der Waals surface area contributed by atoms with E-state index in [0.717, 1.165) is 5.56 Å². The lowest BCUT2D eigenvalue weighted by molar-refractivity contribution is -0.150. The molecule has 0 aromatic heterocycles. The molecule has 0 heterocycles. The predicted molar refractivity (Wildman–Crippen MR) is 61.8 cm³/mol. The molecule has 1 aromatic carbocycles. The highest BCUT2D eigenvalue weighted by molar-refractivity contribution is 5.79. The van der Waals surface area contributed by atoms with Crippen LogP contribution in [0.2, 0.25) is 0 Å². The zero-order chi connectivity index (χ0) is 11.8. The molecule has 0 radical (unpaired) electrons. The Bertz CT molecular complexity index is 380. The van der Waals surface area contributed by atoms with Gasteiger partial charge in [0.1, 0.15) is 0 Å². The highest BCUT2D eigenvalue weighted by atomic mass is 16.3. The van der Waals surface area contributed by atoms with Crippen molar-refractivity contribution < 1.29 is 9.90 Å². The predicted octanol–water partition coefficient (Wildman–Crippen LogP) is 1.37. The molecule has 1 aliphatic rings. The van der Waals surface area contributed by atoms with Crippen LogP contribution in [0.25, 0.3) is 0 Å². The lowest BCUT2D eigenvalue weighted by Crippen LogP contribution is -2.47. The topological polar surface area (TPSA) is 40.5 Å². The van der Waals surface area contributed by atoms with Crippen LogP contribution in [-0.4, -0.2) is 30.0 Å². The summed E-state index contributed by atoms with van der Waals surface area (Å²) < 4.78 is 0. The highest BCUT2D eigenvalue weighted by Crippen LogP contribution is 2.45. The molecule has 1 fully saturated rings.